The first-order chi connectivity index (χ1) is 7.71. The summed E-state index contributed by atoms with van der Waals surface area (Å²) in [5.41, 5.74) is 0.433. The van der Waals surface area contributed by atoms with E-state index in [9.17, 15) is 4.79 Å². The largest absolute Gasteiger partial charge is 0.468 e. The maximum Gasteiger partial charge on any atom is 0.323 e. The Kier molecular flexibility index (Phi) is 3.50. The number of ether oxygens (including phenoxy) is 2. The Bertz CT molecular complexity index is 263. The normalized spacial score (nSPS) is 27.2. The van der Waals surface area contributed by atoms with E-state index in [0.29, 0.717) is 5.41 Å². The predicted octanol–water partition coefficient (Wildman–Crippen LogP) is 1.05. The second-order valence-corrected chi connectivity index (χ2v) is 5.04. The average Bonchev–Trinajstić information content (AvgIpc) is 3.02. The van der Waals surface area contributed by atoms with Crippen LogP contribution in [0.5, 0.6) is 0 Å². The quantitative estimate of drug-likeness (QED) is 0.636. The molecule has 2 fully saturated rings. The van der Waals surface area contributed by atoms with Crippen molar-refractivity contribution >= 4 is 5.97 Å². The molecule has 0 radical (unpaired) electrons. The number of methoxy groups -OCH3 is 2. The molecule has 2 rings (SSSR count). The molecular weight excluding hydrogens is 206 g/mol. The average molecular weight is 227 g/mol. The smallest absolute Gasteiger partial charge is 0.323 e. The van der Waals surface area contributed by atoms with Gasteiger partial charge in [-0.05, 0) is 31.1 Å². The second kappa shape index (κ2) is 4.72. The minimum Gasteiger partial charge on any atom is -0.468 e. The monoisotopic (exact) mass is 227 g/mol. The lowest BCUT2D eigenvalue weighted by Crippen LogP contribution is -2.54. The molecule has 0 aromatic carbocycles. The third-order valence-corrected chi connectivity index (χ3v) is 3.94. The highest BCUT2D eigenvalue weighted by Crippen LogP contribution is 2.50. The van der Waals surface area contributed by atoms with Crippen molar-refractivity contribution in [2.45, 2.75) is 31.7 Å². The molecular formula is C12H21NO3. The second-order valence-electron chi connectivity index (χ2n) is 5.04. The summed E-state index contributed by atoms with van der Waals surface area (Å²) >= 11 is 0. The molecule has 0 N–H and O–H groups in total. The fraction of sp³-hybridized carbons (Fsp3) is 0.917. The Morgan fingerprint density at radius 3 is 2.62 bits per heavy atom. The zero-order valence-corrected chi connectivity index (χ0v) is 10.2. The first-order valence-electron chi connectivity index (χ1n) is 6.02. The molecule has 0 aromatic heterocycles. The van der Waals surface area contributed by atoms with Gasteiger partial charge in [0.15, 0.2) is 0 Å². The van der Waals surface area contributed by atoms with E-state index in [0.717, 1.165) is 32.5 Å². The number of esters is 1. The number of likely N-dealkylation sites (tertiary alicyclic amines) is 1. The topological polar surface area (TPSA) is 38.8 Å². The van der Waals surface area contributed by atoms with E-state index in [2.05, 4.69) is 4.90 Å². The molecule has 0 aromatic rings. The molecule has 16 heavy (non-hydrogen) atoms. The highest BCUT2D eigenvalue weighted by atomic mass is 16.5. The van der Waals surface area contributed by atoms with E-state index in [-0.39, 0.29) is 12.0 Å². The molecule has 1 aliphatic carbocycles. The van der Waals surface area contributed by atoms with E-state index in [1.54, 1.807) is 7.11 Å². The Morgan fingerprint density at radius 1 is 1.44 bits per heavy atom. The van der Waals surface area contributed by atoms with Crippen LogP contribution in [-0.2, 0) is 14.3 Å². The van der Waals surface area contributed by atoms with Gasteiger partial charge in [-0.25, -0.2) is 0 Å². The van der Waals surface area contributed by atoms with Gasteiger partial charge in [0.1, 0.15) is 6.04 Å². The fourth-order valence-corrected chi connectivity index (χ4v) is 2.45. The minimum absolute atomic E-state index is 0.0185. The number of rotatable bonds is 6. The van der Waals surface area contributed by atoms with Gasteiger partial charge in [0.2, 0.25) is 0 Å². The van der Waals surface area contributed by atoms with Crippen LogP contribution < -0.4 is 0 Å². The lowest BCUT2D eigenvalue weighted by Gasteiger charge is -2.41. The summed E-state index contributed by atoms with van der Waals surface area (Å²) in [5.74, 6) is -0.0752. The molecule has 1 aliphatic heterocycles. The number of carbonyl (C=O) groups is 1. The van der Waals surface area contributed by atoms with Crippen molar-refractivity contribution in [3.05, 3.63) is 0 Å². The van der Waals surface area contributed by atoms with Crippen molar-refractivity contribution < 1.29 is 14.3 Å². The molecule has 0 spiro atoms. The molecule has 4 heteroatoms. The minimum atomic E-state index is -0.0752. The maximum absolute atomic E-state index is 11.4. The summed E-state index contributed by atoms with van der Waals surface area (Å²) in [6.45, 7) is 2.90. The summed E-state index contributed by atoms with van der Waals surface area (Å²) in [6, 6.07) is 0.0185. The Hall–Kier alpha value is -0.610. The first-order valence-corrected chi connectivity index (χ1v) is 6.02. The third-order valence-electron chi connectivity index (χ3n) is 3.94. The number of hydrogen-bond acceptors (Lipinski definition) is 4. The van der Waals surface area contributed by atoms with Crippen molar-refractivity contribution in [3.63, 3.8) is 0 Å². The lowest BCUT2D eigenvalue weighted by atomic mass is 9.96. The number of hydrogen-bond donors (Lipinski definition) is 0. The van der Waals surface area contributed by atoms with Crippen LogP contribution in [0.25, 0.3) is 0 Å². The van der Waals surface area contributed by atoms with Crippen LogP contribution in [-0.4, -0.2) is 50.8 Å². The Balaban J connectivity index is 1.79. The number of carbonyl (C=O) groups excluding carboxylic acids is 1. The molecule has 1 atom stereocenters. The molecule has 0 amide bonds. The van der Waals surface area contributed by atoms with Gasteiger partial charge in [-0.1, -0.05) is 0 Å². The van der Waals surface area contributed by atoms with Gasteiger partial charge in [-0.2, -0.15) is 0 Å². The van der Waals surface area contributed by atoms with Crippen molar-refractivity contribution in [1.29, 1.82) is 0 Å². The van der Waals surface area contributed by atoms with Gasteiger partial charge in [0.25, 0.3) is 0 Å². The van der Waals surface area contributed by atoms with Crippen molar-refractivity contribution in [2.24, 2.45) is 5.41 Å². The SMILES string of the molecule is COCCC1(CN2CCC2C(=O)OC)CC1. The Labute approximate surface area is 96.9 Å². The van der Waals surface area contributed by atoms with Crippen LogP contribution in [0.4, 0.5) is 0 Å². The van der Waals surface area contributed by atoms with Crippen LogP contribution in [0.2, 0.25) is 0 Å². The summed E-state index contributed by atoms with van der Waals surface area (Å²) in [6.07, 6.45) is 4.63. The van der Waals surface area contributed by atoms with Gasteiger partial charge in [0.05, 0.1) is 7.11 Å². The van der Waals surface area contributed by atoms with Crippen molar-refractivity contribution in [3.8, 4) is 0 Å². The third kappa shape index (κ3) is 2.38. The standard InChI is InChI=1S/C12H21NO3/c1-15-8-6-12(4-5-12)9-13-7-3-10(13)11(14)16-2/h10H,3-9H2,1-2H3. The molecule has 4 nitrogen and oxygen atoms in total. The summed E-state index contributed by atoms with van der Waals surface area (Å²) in [4.78, 5) is 13.7. The van der Waals surface area contributed by atoms with Crippen LogP contribution in [0.15, 0.2) is 0 Å². The highest BCUT2D eigenvalue weighted by Gasteiger charge is 2.47. The molecule has 1 unspecified atom stereocenters. The van der Waals surface area contributed by atoms with E-state index < -0.39 is 0 Å². The highest BCUT2D eigenvalue weighted by molar-refractivity contribution is 5.76. The molecule has 2 aliphatic rings. The van der Waals surface area contributed by atoms with Gasteiger partial charge in [0, 0.05) is 26.8 Å². The van der Waals surface area contributed by atoms with Crippen LogP contribution >= 0.6 is 0 Å². The van der Waals surface area contributed by atoms with Crippen LogP contribution in [0.3, 0.4) is 0 Å². The lowest BCUT2D eigenvalue weighted by molar-refractivity contribution is -0.152. The van der Waals surface area contributed by atoms with E-state index in [1.165, 1.54) is 20.0 Å². The Morgan fingerprint density at radius 2 is 2.19 bits per heavy atom. The first kappa shape index (κ1) is 11.9. The van der Waals surface area contributed by atoms with E-state index in [4.69, 9.17) is 9.47 Å². The van der Waals surface area contributed by atoms with Crippen molar-refractivity contribution in [1.82, 2.24) is 4.90 Å². The summed E-state index contributed by atoms with van der Waals surface area (Å²) in [5, 5.41) is 0. The summed E-state index contributed by atoms with van der Waals surface area (Å²) in [7, 11) is 3.22. The fourth-order valence-electron chi connectivity index (χ4n) is 2.45. The van der Waals surface area contributed by atoms with E-state index in [1.807, 2.05) is 0 Å². The number of nitrogens with zero attached hydrogens (tertiary/aromatic N) is 1. The van der Waals surface area contributed by atoms with Gasteiger partial charge in [-0.3, -0.25) is 9.69 Å². The van der Waals surface area contributed by atoms with Crippen molar-refractivity contribution in [2.75, 3.05) is 33.9 Å². The van der Waals surface area contributed by atoms with Gasteiger partial charge < -0.3 is 9.47 Å². The zero-order valence-electron chi connectivity index (χ0n) is 10.2. The van der Waals surface area contributed by atoms with Crippen LogP contribution in [0.1, 0.15) is 25.7 Å². The summed E-state index contributed by atoms with van der Waals surface area (Å²) < 4.78 is 9.93. The molecule has 1 saturated heterocycles. The predicted molar refractivity (Wildman–Crippen MR) is 60.2 cm³/mol. The van der Waals surface area contributed by atoms with Gasteiger partial charge >= 0.3 is 5.97 Å². The van der Waals surface area contributed by atoms with Crippen LogP contribution in [0, 0.1) is 5.41 Å². The van der Waals surface area contributed by atoms with Gasteiger partial charge in [-0.15, -0.1) is 0 Å². The molecule has 1 heterocycles. The molecule has 1 saturated carbocycles. The maximum atomic E-state index is 11.4. The molecule has 92 valence electrons. The zero-order chi connectivity index (χ0) is 11.6. The van der Waals surface area contributed by atoms with E-state index >= 15 is 0 Å². The molecule has 0 bridgehead atoms.